The fourth-order valence-electron chi connectivity index (χ4n) is 10.8. The largest absolute Gasteiger partial charge is 0.481 e. The molecule has 4 saturated carbocycles. The molecule has 0 radical (unpaired) electrons. The third-order valence-electron chi connectivity index (χ3n) is 13.2. The minimum absolute atomic E-state index is 0.0903. The van der Waals surface area contributed by atoms with Gasteiger partial charge in [0.2, 0.25) is 0 Å². The van der Waals surface area contributed by atoms with Crippen LogP contribution in [0.3, 0.4) is 0 Å². The van der Waals surface area contributed by atoms with Crippen molar-refractivity contribution >= 4 is 11.9 Å². The van der Waals surface area contributed by atoms with Gasteiger partial charge < -0.3 is 19.3 Å². The van der Waals surface area contributed by atoms with Crippen molar-refractivity contribution in [1.82, 2.24) is 0 Å². The van der Waals surface area contributed by atoms with Crippen molar-refractivity contribution in [3.8, 4) is 0 Å². The predicted octanol–water partition coefficient (Wildman–Crippen LogP) is 7.75. The molecule has 6 nitrogen and oxygen atoms in total. The van der Waals surface area contributed by atoms with Crippen LogP contribution in [-0.4, -0.2) is 42.1 Å². The summed E-state index contributed by atoms with van der Waals surface area (Å²) in [5.41, 5.74) is 1.07. The highest BCUT2D eigenvalue weighted by molar-refractivity contribution is 5.89. The smallest absolute Gasteiger partial charge is 0.338 e. The Hall–Kier alpha value is -1.92. The molecule has 5 aliphatic rings. The van der Waals surface area contributed by atoms with Crippen LogP contribution in [0.2, 0.25) is 0 Å². The molecule has 0 aromatic heterocycles. The van der Waals surface area contributed by atoms with Gasteiger partial charge in [-0.2, -0.15) is 0 Å². The van der Waals surface area contributed by atoms with Crippen LogP contribution in [-0.2, 0) is 19.0 Å². The lowest BCUT2D eigenvalue weighted by Crippen LogP contribution is -2.60. The van der Waals surface area contributed by atoms with E-state index >= 15 is 0 Å². The molecule has 1 saturated heterocycles. The quantitative estimate of drug-likeness (QED) is 0.317. The maximum absolute atomic E-state index is 13.5. The van der Waals surface area contributed by atoms with E-state index in [0.29, 0.717) is 54.3 Å². The van der Waals surface area contributed by atoms with E-state index in [-0.39, 0.29) is 28.8 Å². The Morgan fingerprint density at radius 3 is 2.38 bits per heavy atom. The molecule has 1 spiro atoms. The Balaban J connectivity index is 1.25. The van der Waals surface area contributed by atoms with Crippen LogP contribution in [0.25, 0.3) is 0 Å². The number of benzene rings is 1. The van der Waals surface area contributed by atoms with Gasteiger partial charge in [0, 0.05) is 18.8 Å². The highest BCUT2D eigenvalue weighted by Crippen LogP contribution is 2.69. The fraction of sp³-hybridized carbons (Fsp3) is 0.778. The van der Waals surface area contributed by atoms with Crippen LogP contribution >= 0.6 is 0 Å². The summed E-state index contributed by atoms with van der Waals surface area (Å²) in [6.07, 6.45) is 11.5. The lowest BCUT2D eigenvalue weighted by Gasteiger charge is -2.63. The molecule has 6 rings (SSSR count). The molecule has 10 atom stereocenters. The molecule has 42 heavy (non-hydrogen) atoms. The summed E-state index contributed by atoms with van der Waals surface area (Å²) in [5.74, 6) is 1.48. The van der Waals surface area contributed by atoms with Crippen LogP contribution in [0.5, 0.6) is 0 Å². The number of aliphatic carboxylic acids is 1. The number of carbonyl (C=O) groups is 2. The summed E-state index contributed by atoms with van der Waals surface area (Å²) >= 11 is 0. The van der Waals surface area contributed by atoms with Crippen molar-refractivity contribution in [3.63, 3.8) is 0 Å². The first kappa shape index (κ1) is 30.1. The summed E-state index contributed by atoms with van der Waals surface area (Å²) in [6, 6.07) is 9.50. The Morgan fingerprint density at radius 2 is 1.67 bits per heavy atom. The fourth-order valence-corrected chi connectivity index (χ4v) is 10.8. The second kappa shape index (κ2) is 11.5. The second-order valence-electron chi connectivity index (χ2n) is 15.2. The lowest BCUT2D eigenvalue weighted by molar-refractivity contribution is -0.242. The van der Waals surface area contributed by atoms with Gasteiger partial charge in [0.25, 0.3) is 0 Å². The SMILES string of the molecule is C[C@H](CCC[C@H](C)C(=O)O)[C@H]1CC[C@H]2[C@@H]3[C@H](OC(=O)c4ccccc4)C[C@H]4CC5(CC[C@]4(C)[C@H]3CC[C@]12C)OCCO5. The molecule has 4 aliphatic carbocycles. The highest BCUT2D eigenvalue weighted by Gasteiger charge is 2.65. The number of carboxylic acids is 1. The van der Waals surface area contributed by atoms with Crippen LogP contribution < -0.4 is 0 Å². The minimum Gasteiger partial charge on any atom is -0.481 e. The molecule has 1 heterocycles. The predicted molar refractivity (Wildman–Crippen MR) is 161 cm³/mol. The van der Waals surface area contributed by atoms with Gasteiger partial charge in [-0.1, -0.05) is 58.7 Å². The van der Waals surface area contributed by atoms with E-state index in [9.17, 15) is 14.7 Å². The normalized spacial score (nSPS) is 40.0. The number of ether oxygens (including phenoxy) is 3. The van der Waals surface area contributed by atoms with E-state index < -0.39 is 11.8 Å². The van der Waals surface area contributed by atoms with E-state index in [0.717, 1.165) is 44.9 Å². The average molecular weight is 581 g/mol. The molecule has 1 N–H and O–H groups in total. The summed E-state index contributed by atoms with van der Waals surface area (Å²) < 4.78 is 19.0. The average Bonchev–Trinajstić information content (AvgIpc) is 3.58. The van der Waals surface area contributed by atoms with Gasteiger partial charge in [-0.3, -0.25) is 4.79 Å². The molecular weight excluding hydrogens is 528 g/mol. The number of hydrogen-bond acceptors (Lipinski definition) is 5. The lowest BCUT2D eigenvalue weighted by atomic mass is 9.43. The molecule has 0 amide bonds. The first-order valence-corrected chi connectivity index (χ1v) is 16.8. The molecule has 0 unspecified atom stereocenters. The third kappa shape index (κ3) is 5.23. The molecule has 0 bridgehead atoms. The van der Waals surface area contributed by atoms with Gasteiger partial charge >= 0.3 is 11.9 Å². The Labute approximate surface area is 252 Å². The summed E-state index contributed by atoms with van der Waals surface area (Å²) in [6.45, 7) is 10.7. The van der Waals surface area contributed by atoms with E-state index in [1.807, 2.05) is 37.3 Å². The highest BCUT2D eigenvalue weighted by atomic mass is 16.7. The number of rotatable bonds is 8. The van der Waals surface area contributed by atoms with Crippen molar-refractivity contribution in [3.05, 3.63) is 35.9 Å². The summed E-state index contributed by atoms with van der Waals surface area (Å²) in [4.78, 5) is 24.9. The Bertz CT molecular complexity index is 1130. The van der Waals surface area contributed by atoms with Crippen molar-refractivity contribution in [1.29, 1.82) is 0 Å². The number of fused-ring (bicyclic) bond motifs is 5. The van der Waals surface area contributed by atoms with Gasteiger partial charge in [0.15, 0.2) is 5.79 Å². The first-order chi connectivity index (χ1) is 20.1. The summed E-state index contributed by atoms with van der Waals surface area (Å²) in [5, 5.41) is 9.34. The molecular formula is C36H52O6. The zero-order valence-corrected chi connectivity index (χ0v) is 26.2. The van der Waals surface area contributed by atoms with Gasteiger partial charge in [-0.05, 0) is 97.5 Å². The number of carboxylic acid groups (broad SMARTS) is 1. The van der Waals surface area contributed by atoms with Gasteiger partial charge in [-0.15, -0.1) is 0 Å². The molecule has 5 fully saturated rings. The zero-order chi connectivity index (χ0) is 29.7. The second-order valence-corrected chi connectivity index (χ2v) is 15.2. The van der Waals surface area contributed by atoms with Crippen molar-refractivity contribution in [2.24, 2.45) is 52.3 Å². The van der Waals surface area contributed by atoms with Crippen LogP contribution in [0.4, 0.5) is 0 Å². The van der Waals surface area contributed by atoms with Gasteiger partial charge in [-0.25, -0.2) is 4.79 Å². The molecule has 6 heteroatoms. The Morgan fingerprint density at radius 1 is 0.952 bits per heavy atom. The maximum atomic E-state index is 13.5. The topological polar surface area (TPSA) is 82.1 Å². The monoisotopic (exact) mass is 580 g/mol. The van der Waals surface area contributed by atoms with E-state index in [1.54, 1.807) is 0 Å². The third-order valence-corrected chi connectivity index (χ3v) is 13.2. The molecule has 1 aromatic carbocycles. The minimum atomic E-state index is -0.686. The molecule has 1 aromatic rings. The van der Waals surface area contributed by atoms with E-state index in [1.165, 1.54) is 25.7 Å². The molecule has 1 aliphatic heterocycles. The standard InChI is InChI=1S/C36H52O6/c1-23(9-8-10-24(2)32(37)38)27-13-14-28-31-29(15-16-35(27,28)4)34(3)17-18-36(40-19-20-41-36)22-26(34)21-30(31)42-33(39)25-11-6-5-7-12-25/h5-7,11-12,23-24,26-31H,8-10,13-22H2,1-4H3,(H,37,38)/t23-,24+,26+,27-,28+,29+,30-,31+,34+,35-/m1/s1. The van der Waals surface area contributed by atoms with Crippen LogP contribution in [0.15, 0.2) is 30.3 Å². The number of hydrogen-bond donors (Lipinski definition) is 1. The zero-order valence-electron chi connectivity index (χ0n) is 26.2. The first-order valence-electron chi connectivity index (χ1n) is 16.8. The van der Waals surface area contributed by atoms with Gasteiger partial charge in [0.05, 0.1) is 24.7 Å². The Kier molecular flexibility index (Phi) is 8.28. The van der Waals surface area contributed by atoms with Crippen LogP contribution in [0, 0.1) is 52.3 Å². The molecule has 232 valence electrons. The van der Waals surface area contributed by atoms with Gasteiger partial charge in [0.1, 0.15) is 6.10 Å². The number of carbonyl (C=O) groups excluding carboxylic acids is 1. The number of esters is 1. The maximum Gasteiger partial charge on any atom is 0.338 e. The van der Waals surface area contributed by atoms with Crippen molar-refractivity contribution < 1.29 is 28.9 Å². The van der Waals surface area contributed by atoms with Crippen molar-refractivity contribution in [2.75, 3.05) is 13.2 Å². The van der Waals surface area contributed by atoms with Crippen molar-refractivity contribution in [2.45, 2.75) is 110 Å². The van der Waals surface area contributed by atoms with E-state index in [4.69, 9.17) is 14.2 Å². The summed E-state index contributed by atoms with van der Waals surface area (Å²) in [7, 11) is 0. The van der Waals surface area contributed by atoms with E-state index in [2.05, 4.69) is 20.8 Å². The van der Waals surface area contributed by atoms with Crippen LogP contribution in [0.1, 0.15) is 109 Å².